The normalized spacial score (nSPS) is 51.9. The molecule has 2 bridgehead atoms. The summed E-state index contributed by atoms with van der Waals surface area (Å²) in [7, 11) is 0. The van der Waals surface area contributed by atoms with E-state index >= 15 is 0 Å². The first-order chi connectivity index (χ1) is 7.01. The van der Waals surface area contributed by atoms with Crippen molar-refractivity contribution < 1.29 is 14.3 Å². The molecule has 15 heavy (non-hydrogen) atoms. The van der Waals surface area contributed by atoms with Crippen LogP contribution in [0, 0.1) is 17.3 Å². The van der Waals surface area contributed by atoms with E-state index in [2.05, 4.69) is 34.7 Å². The van der Waals surface area contributed by atoms with Crippen LogP contribution in [0.5, 0.6) is 0 Å². The minimum Gasteiger partial charge on any atom is -0.392 e. The Hall–Kier alpha value is -0.390. The van der Waals surface area contributed by atoms with Gasteiger partial charge in [-0.2, -0.15) is 0 Å². The van der Waals surface area contributed by atoms with Gasteiger partial charge in [-0.25, -0.2) is 0 Å². The van der Waals surface area contributed by atoms with E-state index in [-0.39, 0.29) is 23.8 Å². The van der Waals surface area contributed by atoms with Gasteiger partial charge in [0.2, 0.25) is 0 Å². The maximum Gasteiger partial charge on any atom is 0.331 e. The molecular formula is C11H11IO3. The number of halogens is 1. The van der Waals surface area contributed by atoms with E-state index in [1.807, 2.05) is 6.92 Å². The van der Waals surface area contributed by atoms with Crippen LogP contribution in [0.3, 0.4) is 0 Å². The number of esters is 2. The summed E-state index contributed by atoms with van der Waals surface area (Å²) in [5, 5.41) is 0. The Kier molecular flexibility index (Phi) is 1.73. The van der Waals surface area contributed by atoms with Crippen molar-refractivity contribution in [3.8, 4) is 0 Å². The topological polar surface area (TPSA) is 43.4 Å². The van der Waals surface area contributed by atoms with Crippen LogP contribution in [0.1, 0.15) is 19.8 Å². The average molecular weight is 318 g/mol. The number of carbonyl (C=O) groups excluding carboxylic acids is 2. The second-order valence-electron chi connectivity index (χ2n) is 4.77. The molecule has 4 aliphatic rings. The molecular weight excluding hydrogens is 307 g/mol. The van der Waals surface area contributed by atoms with Crippen molar-refractivity contribution in [3.63, 3.8) is 0 Å². The molecule has 80 valence electrons. The first-order valence-electron chi connectivity index (χ1n) is 5.15. The third-order valence-corrected chi connectivity index (χ3v) is 6.64. The number of cyclic esters (lactones) is 2. The SMILES string of the molecule is C[C@]12C(=O)OC(=O)C1(I)C1C=CC2CC1. The molecule has 1 aliphatic heterocycles. The summed E-state index contributed by atoms with van der Waals surface area (Å²) >= 11 is 2.15. The van der Waals surface area contributed by atoms with Gasteiger partial charge in [-0.3, -0.25) is 9.59 Å². The molecule has 0 radical (unpaired) electrons. The molecule has 3 unspecified atom stereocenters. The van der Waals surface area contributed by atoms with Crippen molar-refractivity contribution in [3.05, 3.63) is 12.2 Å². The Labute approximate surface area is 101 Å². The number of alkyl halides is 1. The highest BCUT2D eigenvalue weighted by Crippen LogP contribution is 2.63. The summed E-state index contributed by atoms with van der Waals surface area (Å²) in [6.45, 7) is 1.88. The van der Waals surface area contributed by atoms with E-state index in [0.29, 0.717) is 0 Å². The maximum atomic E-state index is 11.9. The van der Waals surface area contributed by atoms with Crippen LogP contribution >= 0.6 is 22.6 Å². The van der Waals surface area contributed by atoms with Gasteiger partial charge in [-0.05, 0) is 25.7 Å². The number of hydrogen-bond donors (Lipinski definition) is 0. The Balaban J connectivity index is 2.25. The van der Waals surface area contributed by atoms with Crippen molar-refractivity contribution in [1.82, 2.24) is 0 Å². The van der Waals surface area contributed by atoms with Crippen molar-refractivity contribution in [1.29, 1.82) is 0 Å². The standard InChI is InChI=1S/C11H11IO3/c1-10-6-2-4-7(5-3-6)11(10,12)9(14)15-8(10)13/h2,4,6-7H,3,5H2,1H3/t6?,7?,10-,11?/m0/s1. The van der Waals surface area contributed by atoms with Crippen LogP contribution in [0.4, 0.5) is 0 Å². The van der Waals surface area contributed by atoms with E-state index in [0.717, 1.165) is 12.8 Å². The molecule has 0 spiro atoms. The number of fused-ring (bicyclic) bond motifs is 1. The second kappa shape index (κ2) is 2.64. The van der Waals surface area contributed by atoms with Crippen molar-refractivity contribution in [2.75, 3.05) is 0 Å². The predicted octanol–water partition coefficient (Wildman–Crippen LogP) is 1.85. The molecule has 1 saturated carbocycles. The van der Waals surface area contributed by atoms with Gasteiger partial charge in [0, 0.05) is 5.92 Å². The Bertz CT molecular complexity index is 367. The van der Waals surface area contributed by atoms with Crippen molar-refractivity contribution in [2.24, 2.45) is 17.3 Å². The second-order valence-corrected chi connectivity index (χ2v) is 6.47. The van der Waals surface area contributed by atoms with Crippen LogP contribution in [0.25, 0.3) is 0 Å². The zero-order valence-corrected chi connectivity index (χ0v) is 10.5. The summed E-state index contributed by atoms with van der Waals surface area (Å²) in [6.07, 6.45) is 6.15. The third-order valence-electron chi connectivity index (χ3n) is 4.28. The first-order valence-corrected chi connectivity index (χ1v) is 6.23. The van der Waals surface area contributed by atoms with Gasteiger partial charge in [0.1, 0.15) is 3.42 Å². The number of ether oxygens (including phenoxy) is 1. The highest BCUT2D eigenvalue weighted by molar-refractivity contribution is 14.1. The summed E-state index contributed by atoms with van der Waals surface area (Å²) < 4.78 is 4.22. The van der Waals surface area contributed by atoms with Gasteiger partial charge >= 0.3 is 11.9 Å². The number of rotatable bonds is 0. The van der Waals surface area contributed by atoms with Gasteiger partial charge in [0.25, 0.3) is 0 Å². The number of carbonyl (C=O) groups is 2. The van der Waals surface area contributed by atoms with Gasteiger partial charge in [-0.15, -0.1) is 0 Å². The van der Waals surface area contributed by atoms with Crippen LogP contribution in [0.15, 0.2) is 12.2 Å². The molecule has 1 heterocycles. The molecule has 4 atom stereocenters. The lowest BCUT2D eigenvalue weighted by Gasteiger charge is -2.49. The van der Waals surface area contributed by atoms with E-state index < -0.39 is 8.84 Å². The maximum absolute atomic E-state index is 11.9. The Morgan fingerprint density at radius 1 is 1.27 bits per heavy atom. The van der Waals surface area contributed by atoms with Gasteiger partial charge in [-0.1, -0.05) is 34.7 Å². The largest absolute Gasteiger partial charge is 0.392 e. The summed E-state index contributed by atoms with van der Waals surface area (Å²) in [4.78, 5) is 23.7. The van der Waals surface area contributed by atoms with Crippen LogP contribution in [-0.2, 0) is 14.3 Å². The monoisotopic (exact) mass is 318 g/mol. The minimum atomic E-state index is -0.653. The molecule has 4 heteroatoms. The van der Waals surface area contributed by atoms with Gasteiger partial charge in [0.15, 0.2) is 0 Å². The fourth-order valence-electron chi connectivity index (χ4n) is 3.22. The van der Waals surface area contributed by atoms with E-state index in [1.54, 1.807) is 0 Å². The van der Waals surface area contributed by atoms with Crippen molar-refractivity contribution >= 4 is 34.5 Å². The summed E-state index contributed by atoms with van der Waals surface area (Å²) in [5.41, 5.74) is -0.637. The lowest BCUT2D eigenvalue weighted by Crippen LogP contribution is -2.58. The van der Waals surface area contributed by atoms with E-state index in [9.17, 15) is 9.59 Å². The zero-order valence-electron chi connectivity index (χ0n) is 8.33. The van der Waals surface area contributed by atoms with Gasteiger partial charge in [0.05, 0.1) is 5.41 Å². The number of allylic oxidation sites excluding steroid dienone is 2. The predicted molar refractivity (Wildman–Crippen MR) is 61.3 cm³/mol. The van der Waals surface area contributed by atoms with Gasteiger partial charge < -0.3 is 4.74 Å². The van der Waals surface area contributed by atoms with Crippen LogP contribution < -0.4 is 0 Å². The molecule has 4 rings (SSSR count). The molecule has 2 fully saturated rings. The smallest absolute Gasteiger partial charge is 0.331 e. The van der Waals surface area contributed by atoms with Crippen LogP contribution in [0.2, 0.25) is 0 Å². The van der Waals surface area contributed by atoms with Crippen molar-refractivity contribution in [2.45, 2.75) is 23.2 Å². The average Bonchev–Trinajstić information content (AvgIpc) is 2.42. The molecule has 0 aromatic heterocycles. The van der Waals surface area contributed by atoms with E-state index in [1.165, 1.54) is 0 Å². The lowest BCUT2D eigenvalue weighted by atomic mass is 9.55. The fourth-order valence-corrected chi connectivity index (χ4v) is 4.46. The molecule has 3 nitrogen and oxygen atoms in total. The summed E-state index contributed by atoms with van der Waals surface area (Å²) in [5.74, 6) is -0.346. The molecule has 0 aromatic carbocycles. The molecule has 0 aromatic rings. The quantitative estimate of drug-likeness (QED) is 0.225. The lowest BCUT2D eigenvalue weighted by molar-refractivity contribution is -0.155. The Morgan fingerprint density at radius 2 is 1.87 bits per heavy atom. The first kappa shape index (κ1) is 9.81. The zero-order chi connectivity index (χ0) is 10.8. The molecule has 3 aliphatic carbocycles. The Morgan fingerprint density at radius 3 is 2.40 bits per heavy atom. The summed E-state index contributed by atoms with van der Waals surface area (Å²) in [6, 6.07) is 0. The number of hydrogen-bond acceptors (Lipinski definition) is 3. The molecule has 0 N–H and O–H groups in total. The molecule has 1 saturated heterocycles. The highest BCUT2D eigenvalue weighted by Gasteiger charge is 2.72. The highest BCUT2D eigenvalue weighted by atomic mass is 127. The third kappa shape index (κ3) is 0.844. The van der Waals surface area contributed by atoms with E-state index in [4.69, 9.17) is 4.74 Å². The fraction of sp³-hybridized carbons (Fsp3) is 0.636. The van der Waals surface area contributed by atoms with Crippen LogP contribution in [-0.4, -0.2) is 15.4 Å². The molecule has 0 amide bonds. The minimum absolute atomic E-state index is 0.159.